The molecule has 2 aromatic heterocycles. The summed E-state index contributed by atoms with van der Waals surface area (Å²) in [6.07, 6.45) is 0. The number of anilines is 1. The molecule has 1 N–H and O–H groups in total. The van der Waals surface area contributed by atoms with Crippen molar-refractivity contribution in [2.75, 3.05) is 19.5 Å². The van der Waals surface area contributed by atoms with Crippen molar-refractivity contribution in [2.24, 2.45) is 0 Å². The molecule has 1 aromatic carbocycles. The largest absolute Gasteiger partial charge is 0.493 e. The van der Waals surface area contributed by atoms with Gasteiger partial charge in [0.25, 0.3) is 11.5 Å². The number of amides is 1. The number of nitrogens with zero attached hydrogens (tertiary/aromatic N) is 2. The van der Waals surface area contributed by atoms with Crippen LogP contribution in [-0.2, 0) is 0 Å². The minimum absolute atomic E-state index is 0.147. The summed E-state index contributed by atoms with van der Waals surface area (Å²) >= 11 is 1.38. The van der Waals surface area contributed by atoms with Crippen molar-refractivity contribution in [3.8, 4) is 11.5 Å². The average molecular weight is 359 g/mol. The number of hydrogen-bond acceptors (Lipinski definition) is 6. The number of methoxy groups -OCH3 is 2. The van der Waals surface area contributed by atoms with Gasteiger partial charge in [-0.15, -0.1) is 11.3 Å². The first-order chi connectivity index (χ1) is 12.0. The lowest BCUT2D eigenvalue weighted by molar-refractivity contribution is 0.102. The normalized spacial score (nSPS) is 10.7. The Hall–Kier alpha value is -2.87. The van der Waals surface area contributed by atoms with Gasteiger partial charge < -0.3 is 14.8 Å². The topological polar surface area (TPSA) is 81.9 Å². The van der Waals surface area contributed by atoms with Crippen LogP contribution in [0, 0.1) is 13.8 Å². The van der Waals surface area contributed by atoms with E-state index < -0.39 is 5.91 Å². The highest BCUT2D eigenvalue weighted by Crippen LogP contribution is 2.31. The molecule has 0 saturated carbocycles. The van der Waals surface area contributed by atoms with Crippen molar-refractivity contribution in [1.82, 2.24) is 9.38 Å². The second-order valence-corrected chi connectivity index (χ2v) is 6.20. The fourth-order valence-electron chi connectivity index (χ4n) is 2.57. The van der Waals surface area contributed by atoms with Crippen molar-refractivity contribution in [3.05, 3.63) is 50.9 Å². The third kappa shape index (κ3) is 2.85. The number of carbonyl (C=O) groups excluding carboxylic acids is 1. The number of nitrogens with one attached hydrogen (secondary N) is 1. The van der Waals surface area contributed by atoms with Gasteiger partial charge in [-0.3, -0.25) is 14.0 Å². The number of carbonyl (C=O) groups is 1. The van der Waals surface area contributed by atoms with Gasteiger partial charge in [0.1, 0.15) is 5.69 Å². The van der Waals surface area contributed by atoms with Crippen molar-refractivity contribution in [2.45, 2.75) is 13.8 Å². The summed E-state index contributed by atoms with van der Waals surface area (Å²) < 4.78 is 12.0. The lowest BCUT2D eigenvalue weighted by Crippen LogP contribution is -2.25. The van der Waals surface area contributed by atoms with Crippen LogP contribution in [0.2, 0.25) is 0 Å². The maximum Gasteiger partial charge on any atom is 0.282 e. The summed E-state index contributed by atoms with van der Waals surface area (Å²) in [5.41, 5.74) is 1.34. The third-order valence-corrected chi connectivity index (χ3v) is 4.75. The molecule has 3 rings (SSSR count). The van der Waals surface area contributed by atoms with E-state index in [1.165, 1.54) is 30.0 Å². The Morgan fingerprint density at radius 3 is 2.68 bits per heavy atom. The van der Waals surface area contributed by atoms with E-state index in [0.717, 1.165) is 5.69 Å². The molecule has 8 heteroatoms. The monoisotopic (exact) mass is 359 g/mol. The highest BCUT2D eigenvalue weighted by molar-refractivity contribution is 7.15. The highest BCUT2D eigenvalue weighted by Gasteiger charge is 2.20. The van der Waals surface area contributed by atoms with Gasteiger partial charge >= 0.3 is 0 Å². The van der Waals surface area contributed by atoms with Gasteiger partial charge in [0.15, 0.2) is 16.5 Å². The molecule has 3 aromatic rings. The maximum atomic E-state index is 12.7. The minimum atomic E-state index is -0.467. The second-order valence-electron chi connectivity index (χ2n) is 5.37. The van der Waals surface area contributed by atoms with Gasteiger partial charge in [-0.2, -0.15) is 0 Å². The molecule has 1 amide bonds. The van der Waals surface area contributed by atoms with E-state index in [1.54, 1.807) is 25.1 Å². The van der Waals surface area contributed by atoms with E-state index in [-0.39, 0.29) is 16.8 Å². The van der Waals surface area contributed by atoms with Crippen LogP contribution < -0.4 is 20.3 Å². The quantitative estimate of drug-likeness (QED) is 0.774. The first-order valence-corrected chi connectivity index (χ1v) is 8.35. The molecule has 130 valence electrons. The lowest BCUT2D eigenvalue weighted by Gasteiger charge is -2.13. The van der Waals surface area contributed by atoms with Crippen molar-refractivity contribution < 1.29 is 14.3 Å². The number of aryl methyl sites for hydroxylation is 2. The molecule has 2 heterocycles. The van der Waals surface area contributed by atoms with Gasteiger partial charge in [0.05, 0.1) is 25.5 Å². The van der Waals surface area contributed by atoms with Gasteiger partial charge in [-0.05, 0) is 26.0 Å². The molecular formula is C17H17N3O4S. The average Bonchev–Trinajstić information content (AvgIpc) is 2.98. The SMILES string of the molecule is COc1cccc(C(=O)Nc2c(C)nc3scc(C)n3c2=O)c1OC. The highest BCUT2D eigenvalue weighted by atomic mass is 32.1. The zero-order valence-electron chi connectivity index (χ0n) is 14.2. The van der Waals surface area contributed by atoms with Gasteiger partial charge in [0, 0.05) is 11.1 Å². The molecule has 7 nitrogen and oxygen atoms in total. The molecule has 0 radical (unpaired) electrons. The maximum absolute atomic E-state index is 12.7. The van der Waals surface area contributed by atoms with E-state index in [4.69, 9.17) is 9.47 Å². The molecule has 0 spiro atoms. The fourth-order valence-corrected chi connectivity index (χ4v) is 3.48. The van der Waals surface area contributed by atoms with Crippen LogP contribution >= 0.6 is 11.3 Å². The molecule has 0 saturated heterocycles. The number of rotatable bonds is 4. The standard InChI is InChI=1S/C17H17N3O4S/c1-9-8-25-17-18-10(2)13(16(22)20(9)17)19-15(21)11-6-5-7-12(23-3)14(11)24-4/h5-8H,1-4H3,(H,19,21). The number of aromatic nitrogens is 2. The van der Waals surface area contributed by atoms with Crippen LogP contribution in [0.4, 0.5) is 5.69 Å². The molecule has 0 aliphatic rings. The summed E-state index contributed by atoms with van der Waals surface area (Å²) in [5.74, 6) is 0.275. The molecular weight excluding hydrogens is 342 g/mol. The number of hydrogen-bond donors (Lipinski definition) is 1. The van der Waals surface area contributed by atoms with E-state index in [0.29, 0.717) is 22.2 Å². The van der Waals surface area contributed by atoms with Crippen LogP contribution in [0.25, 0.3) is 4.96 Å². The first-order valence-electron chi connectivity index (χ1n) is 7.47. The minimum Gasteiger partial charge on any atom is -0.493 e. The Morgan fingerprint density at radius 1 is 1.24 bits per heavy atom. The Balaban J connectivity index is 2.07. The third-order valence-electron chi connectivity index (χ3n) is 3.81. The van der Waals surface area contributed by atoms with Crippen LogP contribution in [-0.4, -0.2) is 29.5 Å². The fraction of sp³-hybridized carbons (Fsp3) is 0.235. The van der Waals surface area contributed by atoms with E-state index in [1.807, 2.05) is 12.3 Å². The Kier molecular flexibility index (Phi) is 4.45. The molecule has 0 bridgehead atoms. The molecule has 25 heavy (non-hydrogen) atoms. The molecule has 0 fully saturated rings. The summed E-state index contributed by atoms with van der Waals surface area (Å²) in [5, 5.41) is 4.51. The summed E-state index contributed by atoms with van der Waals surface area (Å²) in [6, 6.07) is 4.98. The van der Waals surface area contributed by atoms with E-state index >= 15 is 0 Å². The number of benzene rings is 1. The van der Waals surface area contributed by atoms with E-state index in [9.17, 15) is 9.59 Å². The summed E-state index contributed by atoms with van der Waals surface area (Å²) in [7, 11) is 2.95. The van der Waals surface area contributed by atoms with Crippen LogP contribution in [0.1, 0.15) is 21.7 Å². The zero-order chi connectivity index (χ0) is 18.1. The molecule has 0 atom stereocenters. The number of thiazole rings is 1. The van der Waals surface area contributed by atoms with Crippen LogP contribution in [0.15, 0.2) is 28.4 Å². The first kappa shape index (κ1) is 17.0. The molecule has 0 aliphatic carbocycles. The Bertz CT molecular complexity index is 1020. The summed E-state index contributed by atoms with van der Waals surface area (Å²) in [4.78, 5) is 30.4. The molecule has 0 unspecified atom stereocenters. The van der Waals surface area contributed by atoms with Crippen molar-refractivity contribution in [3.63, 3.8) is 0 Å². The number of para-hydroxylation sites is 1. The van der Waals surface area contributed by atoms with Crippen LogP contribution in [0.5, 0.6) is 11.5 Å². The van der Waals surface area contributed by atoms with E-state index in [2.05, 4.69) is 10.3 Å². The predicted molar refractivity (Wildman–Crippen MR) is 96.3 cm³/mol. The van der Waals surface area contributed by atoms with Gasteiger partial charge in [-0.1, -0.05) is 6.07 Å². The van der Waals surface area contributed by atoms with Crippen molar-refractivity contribution >= 4 is 27.9 Å². The van der Waals surface area contributed by atoms with Gasteiger partial charge in [0.2, 0.25) is 0 Å². The smallest absolute Gasteiger partial charge is 0.282 e. The zero-order valence-corrected chi connectivity index (χ0v) is 15.1. The number of ether oxygens (including phenoxy) is 2. The molecule has 0 aliphatic heterocycles. The Morgan fingerprint density at radius 2 is 2.00 bits per heavy atom. The Labute approximate surface area is 147 Å². The summed E-state index contributed by atoms with van der Waals surface area (Å²) in [6.45, 7) is 3.51. The number of fused-ring (bicyclic) bond motifs is 1. The lowest BCUT2D eigenvalue weighted by atomic mass is 10.1. The second kappa shape index (κ2) is 6.56. The van der Waals surface area contributed by atoms with Crippen molar-refractivity contribution in [1.29, 1.82) is 0 Å². The predicted octanol–water partition coefficient (Wildman–Crippen LogP) is 2.64. The van der Waals surface area contributed by atoms with Gasteiger partial charge in [-0.25, -0.2) is 4.98 Å². The van der Waals surface area contributed by atoms with Crippen LogP contribution in [0.3, 0.4) is 0 Å².